The summed E-state index contributed by atoms with van der Waals surface area (Å²) in [5.41, 5.74) is 1.50. The number of hydrogen-bond donors (Lipinski definition) is 1. The van der Waals surface area contributed by atoms with Crippen LogP contribution in [0.4, 0.5) is 0 Å². The first kappa shape index (κ1) is 9.45. The van der Waals surface area contributed by atoms with E-state index >= 15 is 0 Å². The number of nitrogens with one attached hydrogen (secondary N) is 1. The molecule has 1 rings (SSSR count). The van der Waals surface area contributed by atoms with Crippen molar-refractivity contribution in [3.8, 4) is 0 Å². The maximum absolute atomic E-state index is 11.4. The number of pyridine rings is 1. The van der Waals surface area contributed by atoms with Gasteiger partial charge in [0.15, 0.2) is 0 Å². The molecule has 3 heteroatoms. The molecule has 1 aromatic heterocycles. The van der Waals surface area contributed by atoms with Crippen molar-refractivity contribution in [3.63, 3.8) is 0 Å². The van der Waals surface area contributed by atoms with E-state index in [-0.39, 0.29) is 5.91 Å². The second-order valence-electron chi connectivity index (χ2n) is 2.88. The third-order valence-corrected chi connectivity index (χ3v) is 1.47. The summed E-state index contributed by atoms with van der Waals surface area (Å²) in [7, 11) is 0. The molecule has 1 amide bonds. The molecule has 1 heterocycles. The van der Waals surface area contributed by atoms with Crippen LogP contribution in [0.5, 0.6) is 0 Å². The summed E-state index contributed by atoms with van der Waals surface area (Å²) in [4.78, 5) is 15.2. The highest BCUT2D eigenvalue weighted by molar-refractivity contribution is 5.93. The van der Waals surface area contributed by atoms with Gasteiger partial charge in [0.2, 0.25) is 0 Å². The summed E-state index contributed by atoms with van der Waals surface area (Å²) in [6, 6.07) is 3.45. The van der Waals surface area contributed by atoms with Crippen LogP contribution in [0.15, 0.2) is 36.7 Å². The van der Waals surface area contributed by atoms with Gasteiger partial charge in [0.05, 0.1) is 5.56 Å². The molecule has 0 aliphatic heterocycles. The highest BCUT2D eigenvalue weighted by Gasteiger charge is 2.02. The van der Waals surface area contributed by atoms with Crippen LogP contribution in [0.2, 0.25) is 0 Å². The summed E-state index contributed by atoms with van der Waals surface area (Å²) in [5.74, 6) is -0.115. The van der Waals surface area contributed by atoms with Crippen molar-refractivity contribution in [2.24, 2.45) is 0 Å². The quantitative estimate of drug-likeness (QED) is 0.707. The Balaban J connectivity index is 2.54. The molecule has 0 saturated heterocycles. The molecule has 68 valence electrons. The fourth-order valence-corrected chi connectivity index (χ4v) is 0.830. The lowest BCUT2D eigenvalue weighted by Crippen LogP contribution is -2.24. The van der Waals surface area contributed by atoms with Crippen LogP contribution in [0, 0.1) is 0 Å². The normalized spacial score (nSPS) is 9.31. The van der Waals surface area contributed by atoms with Gasteiger partial charge in [-0.05, 0) is 19.1 Å². The standard InChI is InChI=1S/C10H12N2O/c1-8(2)6-12-10(13)9-4-3-5-11-7-9/h3-5,7H,1,6H2,2H3,(H,12,13). The predicted molar refractivity (Wildman–Crippen MR) is 51.4 cm³/mol. The molecule has 0 fully saturated rings. The Hall–Kier alpha value is -1.64. The van der Waals surface area contributed by atoms with Crippen molar-refractivity contribution in [1.29, 1.82) is 0 Å². The van der Waals surface area contributed by atoms with Crippen LogP contribution in [-0.4, -0.2) is 17.4 Å². The van der Waals surface area contributed by atoms with Gasteiger partial charge in [0, 0.05) is 18.9 Å². The van der Waals surface area contributed by atoms with E-state index in [0.29, 0.717) is 12.1 Å². The zero-order valence-electron chi connectivity index (χ0n) is 7.58. The number of aromatic nitrogens is 1. The van der Waals surface area contributed by atoms with E-state index in [1.165, 1.54) is 6.20 Å². The molecule has 0 saturated carbocycles. The lowest BCUT2D eigenvalue weighted by Gasteiger charge is -2.03. The zero-order chi connectivity index (χ0) is 9.68. The van der Waals surface area contributed by atoms with E-state index in [2.05, 4.69) is 16.9 Å². The Labute approximate surface area is 77.5 Å². The maximum atomic E-state index is 11.4. The van der Waals surface area contributed by atoms with E-state index < -0.39 is 0 Å². The number of carbonyl (C=O) groups is 1. The van der Waals surface area contributed by atoms with Gasteiger partial charge in [-0.3, -0.25) is 9.78 Å². The maximum Gasteiger partial charge on any atom is 0.253 e. The SMILES string of the molecule is C=C(C)CNC(=O)c1cccnc1. The Kier molecular flexibility index (Phi) is 3.20. The topological polar surface area (TPSA) is 42.0 Å². The third-order valence-electron chi connectivity index (χ3n) is 1.47. The second-order valence-corrected chi connectivity index (χ2v) is 2.88. The Morgan fingerprint density at radius 3 is 3.00 bits per heavy atom. The third kappa shape index (κ3) is 3.07. The Morgan fingerprint density at radius 1 is 1.69 bits per heavy atom. The molecule has 13 heavy (non-hydrogen) atoms. The number of hydrogen-bond acceptors (Lipinski definition) is 2. The molecule has 0 aromatic carbocycles. The van der Waals surface area contributed by atoms with Gasteiger partial charge in [-0.2, -0.15) is 0 Å². The van der Waals surface area contributed by atoms with Gasteiger partial charge in [0.1, 0.15) is 0 Å². The van der Waals surface area contributed by atoms with Crippen LogP contribution < -0.4 is 5.32 Å². The van der Waals surface area contributed by atoms with E-state index in [0.717, 1.165) is 5.57 Å². The van der Waals surface area contributed by atoms with Crippen LogP contribution in [0.3, 0.4) is 0 Å². The van der Waals surface area contributed by atoms with Crippen LogP contribution in [0.25, 0.3) is 0 Å². The summed E-state index contributed by atoms with van der Waals surface area (Å²) in [6.07, 6.45) is 3.17. The van der Waals surface area contributed by atoms with Crippen molar-refractivity contribution in [3.05, 3.63) is 42.2 Å². The highest BCUT2D eigenvalue weighted by Crippen LogP contribution is 1.95. The lowest BCUT2D eigenvalue weighted by atomic mass is 10.2. The van der Waals surface area contributed by atoms with Gasteiger partial charge >= 0.3 is 0 Å². The van der Waals surface area contributed by atoms with Crippen molar-refractivity contribution in [2.45, 2.75) is 6.92 Å². The van der Waals surface area contributed by atoms with Crippen molar-refractivity contribution in [1.82, 2.24) is 10.3 Å². The molecule has 0 aliphatic rings. The van der Waals surface area contributed by atoms with Gasteiger partial charge in [-0.25, -0.2) is 0 Å². The zero-order valence-corrected chi connectivity index (χ0v) is 7.58. The molecule has 0 spiro atoms. The number of nitrogens with zero attached hydrogens (tertiary/aromatic N) is 1. The van der Waals surface area contributed by atoms with E-state index in [1.54, 1.807) is 18.3 Å². The molecule has 0 radical (unpaired) electrons. The molecule has 0 unspecified atom stereocenters. The molecule has 0 atom stereocenters. The molecule has 0 bridgehead atoms. The van der Waals surface area contributed by atoms with Crippen molar-refractivity contribution >= 4 is 5.91 Å². The van der Waals surface area contributed by atoms with Crippen molar-refractivity contribution in [2.75, 3.05) is 6.54 Å². The molecule has 1 aromatic rings. The summed E-state index contributed by atoms with van der Waals surface area (Å²) < 4.78 is 0. The van der Waals surface area contributed by atoms with Crippen LogP contribution >= 0.6 is 0 Å². The van der Waals surface area contributed by atoms with Crippen LogP contribution in [-0.2, 0) is 0 Å². The van der Waals surface area contributed by atoms with E-state index in [1.807, 2.05) is 6.92 Å². The minimum atomic E-state index is -0.115. The average molecular weight is 176 g/mol. The molecule has 3 nitrogen and oxygen atoms in total. The van der Waals surface area contributed by atoms with Crippen LogP contribution in [0.1, 0.15) is 17.3 Å². The van der Waals surface area contributed by atoms with E-state index in [4.69, 9.17) is 0 Å². The second kappa shape index (κ2) is 4.40. The number of rotatable bonds is 3. The van der Waals surface area contributed by atoms with E-state index in [9.17, 15) is 4.79 Å². The minimum Gasteiger partial charge on any atom is -0.348 e. The largest absolute Gasteiger partial charge is 0.348 e. The average Bonchev–Trinajstić information content (AvgIpc) is 2.15. The Morgan fingerprint density at radius 2 is 2.46 bits per heavy atom. The summed E-state index contributed by atoms with van der Waals surface area (Å²) in [5, 5.41) is 2.72. The Bertz CT molecular complexity index is 306. The number of amides is 1. The first-order valence-corrected chi connectivity index (χ1v) is 4.03. The van der Waals surface area contributed by atoms with Gasteiger partial charge in [-0.1, -0.05) is 12.2 Å². The molecule has 1 N–H and O–H groups in total. The van der Waals surface area contributed by atoms with Gasteiger partial charge in [0.25, 0.3) is 5.91 Å². The fourth-order valence-electron chi connectivity index (χ4n) is 0.830. The first-order valence-electron chi connectivity index (χ1n) is 4.03. The summed E-state index contributed by atoms with van der Waals surface area (Å²) >= 11 is 0. The minimum absolute atomic E-state index is 0.115. The monoisotopic (exact) mass is 176 g/mol. The van der Waals surface area contributed by atoms with Gasteiger partial charge in [-0.15, -0.1) is 0 Å². The predicted octanol–water partition coefficient (Wildman–Crippen LogP) is 1.39. The fraction of sp³-hybridized carbons (Fsp3) is 0.200. The molecular weight excluding hydrogens is 164 g/mol. The smallest absolute Gasteiger partial charge is 0.253 e. The summed E-state index contributed by atoms with van der Waals surface area (Å²) in [6.45, 7) is 6.06. The highest BCUT2D eigenvalue weighted by atomic mass is 16.1. The van der Waals surface area contributed by atoms with Gasteiger partial charge < -0.3 is 5.32 Å². The molecule has 0 aliphatic carbocycles. The molecular formula is C10H12N2O. The first-order chi connectivity index (χ1) is 6.20. The number of carbonyl (C=O) groups excluding carboxylic acids is 1. The van der Waals surface area contributed by atoms with Crippen molar-refractivity contribution < 1.29 is 4.79 Å². The lowest BCUT2D eigenvalue weighted by molar-refractivity contribution is 0.0956.